The van der Waals surface area contributed by atoms with Gasteiger partial charge in [-0.3, -0.25) is 9.89 Å². The largest absolute Gasteiger partial charge is 0.299 e. The third-order valence-corrected chi connectivity index (χ3v) is 3.77. The summed E-state index contributed by atoms with van der Waals surface area (Å²) in [4.78, 5) is 12.5. The van der Waals surface area contributed by atoms with Gasteiger partial charge in [0.05, 0.1) is 16.4 Å². The minimum absolute atomic E-state index is 0.227. The minimum Gasteiger partial charge on any atom is -0.293 e. The van der Waals surface area contributed by atoms with Gasteiger partial charge in [0.25, 0.3) is 5.56 Å². The van der Waals surface area contributed by atoms with Gasteiger partial charge in [-0.2, -0.15) is 0 Å². The molecule has 5 nitrogen and oxygen atoms in total. The molecular formula is C16H12Cl2N4O. The van der Waals surface area contributed by atoms with Crippen LogP contribution < -0.4 is 5.56 Å². The summed E-state index contributed by atoms with van der Waals surface area (Å²) in [5.41, 5.74) is 1.66. The summed E-state index contributed by atoms with van der Waals surface area (Å²) >= 11 is 12.0. The van der Waals surface area contributed by atoms with Crippen molar-refractivity contribution < 1.29 is 0 Å². The van der Waals surface area contributed by atoms with Gasteiger partial charge in [-0.15, -0.1) is 10.2 Å². The quantitative estimate of drug-likeness (QED) is 0.651. The van der Waals surface area contributed by atoms with Gasteiger partial charge in [0.2, 0.25) is 0 Å². The number of aryl methyl sites for hydroxylation is 1. The van der Waals surface area contributed by atoms with Crippen LogP contribution in [0.5, 0.6) is 0 Å². The Labute approximate surface area is 142 Å². The van der Waals surface area contributed by atoms with Crippen LogP contribution in [-0.4, -0.2) is 9.78 Å². The van der Waals surface area contributed by atoms with E-state index < -0.39 is 0 Å². The zero-order valence-electron chi connectivity index (χ0n) is 12.1. The van der Waals surface area contributed by atoms with Gasteiger partial charge in [-0.05, 0) is 37.3 Å². The van der Waals surface area contributed by atoms with Gasteiger partial charge in [0.1, 0.15) is 5.69 Å². The number of benzene rings is 2. The molecule has 7 heteroatoms. The first-order chi connectivity index (χ1) is 11.1. The molecular weight excluding hydrogens is 335 g/mol. The first-order valence-corrected chi connectivity index (χ1v) is 7.55. The van der Waals surface area contributed by atoms with Crippen molar-refractivity contribution in [2.75, 3.05) is 0 Å². The lowest BCUT2D eigenvalue weighted by Crippen LogP contribution is -2.13. The van der Waals surface area contributed by atoms with E-state index >= 15 is 0 Å². The van der Waals surface area contributed by atoms with E-state index in [1.54, 1.807) is 55.5 Å². The van der Waals surface area contributed by atoms with E-state index in [9.17, 15) is 4.79 Å². The van der Waals surface area contributed by atoms with Crippen molar-refractivity contribution in [3.05, 3.63) is 74.6 Å². The van der Waals surface area contributed by atoms with Crippen molar-refractivity contribution in [2.45, 2.75) is 6.92 Å². The smallest absolute Gasteiger partial charge is 0.293 e. The molecule has 3 rings (SSSR count). The molecule has 0 aliphatic carbocycles. The molecule has 0 atom stereocenters. The Morgan fingerprint density at radius 1 is 1.04 bits per heavy atom. The van der Waals surface area contributed by atoms with Crippen molar-refractivity contribution in [1.82, 2.24) is 9.78 Å². The Morgan fingerprint density at radius 3 is 2.57 bits per heavy atom. The fourth-order valence-electron chi connectivity index (χ4n) is 2.09. The maximum Gasteiger partial charge on any atom is 0.299 e. The highest BCUT2D eigenvalue weighted by molar-refractivity contribution is 6.32. The highest BCUT2D eigenvalue weighted by atomic mass is 35.5. The summed E-state index contributed by atoms with van der Waals surface area (Å²) in [5.74, 6) is 0. The standard InChI is InChI=1S/C16H12Cl2N4O/c1-10-15(20-19-14-8-3-2-7-13(14)18)16(23)22(21-10)12-6-4-5-11(17)9-12/h2-9,21H,1H3. The molecule has 0 amide bonds. The molecule has 23 heavy (non-hydrogen) atoms. The van der Waals surface area contributed by atoms with Gasteiger partial charge < -0.3 is 0 Å². The number of aromatic nitrogens is 2. The summed E-state index contributed by atoms with van der Waals surface area (Å²) in [7, 11) is 0. The summed E-state index contributed by atoms with van der Waals surface area (Å²) in [5, 5.41) is 12.1. The molecule has 3 aromatic rings. The van der Waals surface area contributed by atoms with Crippen LogP contribution in [0.25, 0.3) is 5.69 Å². The molecule has 0 aliphatic heterocycles. The average molecular weight is 347 g/mol. The molecule has 0 unspecified atom stereocenters. The van der Waals surface area contributed by atoms with Crippen molar-refractivity contribution in [3.8, 4) is 5.69 Å². The Balaban J connectivity index is 2.02. The monoisotopic (exact) mass is 346 g/mol. The van der Waals surface area contributed by atoms with E-state index in [1.165, 1.54) is 4.68 Å². The van der Waals surface area contributed by atoms with Gasteiger partial charge in [-0.1, -0.05) is 41.4 Å². The molecule has 1 aromatic heterocycles. The third kappa shape index (κ3) is 3.21. The Morgan fingerprint density at radius 2 is 1.83 bits per heavy atom. The van der Waals surface area contributed by atoms with E-state index in [2.05, 4.69) is 15.3 Å². The Bertz CT molecular complexity index is 943. The van der Waals surface area contributed by atoms with E-state index in [1.807, 2.05) is 0 Å². The lowest BCUT2D eigenvalue weighted by Gasteiger charge is -2.00. The number of hydrogen-bond donors (Lipinski definition) is 1. The van der Waals surface area contributed by atoms with Crippen LogP contribution >= 0.6 is 23.2 Å². The van der Waals surface area contributed by atoms with E-state index in [4.69, 9.17) is 23.2 Å². The third-order valence-electron chi connectivity index (χ3n) is 3.22. The molecule has 0 spiro atoms. The van der Waals surface area contributed by atoms with Gasteiger partial charge in [0, 0.05) is 5.02 Å². The molecule has 0 saturated heterocycles. The van der Waals surface area contributed by atoms with Crippen LogP contribution in [0, 0.1) is 6.92 Å². The molecule has 0 radical (unpaired) electrons. The minimum atomic E-state index is -0.305. The van der Waals surface area contributed by atoms with E-state index in [-0.39, 0.29) is 11.2 Å². The zero-order chi connectivity index (χ0) is 16.4. The van der Waals surface area contributed by atoms with Crippen molar-refractivity contribution in [3.63, 3.8) is 0 Å². The first-order valence-electron chi connectivity index (χ1n) is 6.80. The maximum absolute atomic E-state index is 12.5. The first kappa shape index (κ1) is 15.5. The zero-order valence-corrected chi connectivity index (χ0v) is 13.6. The number of rotatable bonds is 3. The van der Waals surface area contributed by atoms with Crippen LogP contribution in [-0.2, 0) is 0 Å². The van der Waals surface area contributed by atoms with Crippen LogP contribution in [0.1, 0.15) is 5.69 Å². The summed E-state index contributed by atoms with van der Waals surface area (Å²) in [6.07, 6.45) is 0. The SMILES string of the molecule is Cc1[nH]n(-c2cccc(Cl)c2)c(=O)c1N=Nc1ccccc1Cl. The predicted molar refractivity (Wildman–Crippen MR) is 91.8 cm³/mol. The second-order valence-electron chi connectivity index (χ2n) is 4.86. The maximum atomic E-state index is 12.5. The number of H-pyrrole nitrogens is 1. The number of nitrogens with zero attached hydrogens (tertiary/aromatic N) is 3. The fraction of sp³-hybridized carbons (Fsp3) is 0.0625. The molecule has 0 bridgehead atoms. The number of aromatic amines is 1. The number of halogens is 2. The highest BCUT2D eigenvalue weighted by Crippen LogP contribution is 2.26. The predicted octanol–water partition coefficient (Wildman–Crippen LogP) is 5.20. The number of azo groups is 1. The van der Waals surface area contributed by atoms with Gasteiger partial charge in [-0.25, -0.2) is 4.68 Å². The molecule has 0 saturated carbocycles. The average Bonchev–Trinajstić information content (AvgIpc) is 2.81. The lowest BCUT2D eigenvalue weighted by atomic mass is 10.3. The van der Waals surface area contributed by atoms with Crippen LogP contribution in [0.4, 0.5) is 11.4 Å². The van der Waals surface area contributed by atoms with Gasteiger partial charge in [0.15, 0.2) is 5.69 Å². The Kier molecular flexibility index (Phi) is 4.32. The molecule has 116 valence electrons. The number of hydrogen-bond acceptors (Lipinski definition) is 3. The van der Waals surface area contributed by atoms with Crippen molar-refractivity contribution in [2.24, 2.45) is 10.2 Å². The summed E-state index contributed by atoms with van der Waals surface area (Å²) in [6.45, 7) is 1.75. The second-order valence-corrected chi connectivity index (χ2v) is 5.70. The second kappa shape index (κ2) is 6.40. The van der Waals surface area contributed by atoms with E-state index in [0.29, 0.717) is 27.1 Å². The highest BCUT2D eigenvalue weighted by Gasteiger charge is 2.12. The van der Waals surface area contributed by atoms with Crippen LogP contribution in [0.15, 0.2) is 63.6 Å². The number of nitrogens with one attached hydrogen (secondary N) is 1. The molecule has 1 N–H and O–H groups in total. The van der Waals surface area contributed by atoms with Crippen LogP contribution in [0.2, 0.25) is 10.0 Å². The Hall–Kier alpha value is -2.37. The molecule has 1 heterocycles. The van der Waals surface area contributed by atoms with Crippen molar-refractivity contribution >= 4 is 34.6 Å². The summed E-state index contributed by atoms with van der Waals surface area (Å²) in [6, 6.07) is 14.0. The molecule has 2 aromatic carbocycles. The van der Waals surface area contributed by atoms with Crippen LogP contribution in [0.3, 0.4) is 0 Å². The molecule has 0 fully saturated rings. The molecule has 0 aliphatic rings. The normalized spacial score (nSPS) is 11.3. The lowest BCUT2D eigenvalue weighted by molar-refractivity contribution is 0.835. The van der Waals surface area contributed by atoms with E-state index in [0.717, 1.165) is 0 Å². The fourth-order valence-corrected chi connectivity index (χ4v) is 2.45. The summed E-state index contributed by atoms with van der Waals surface area (Å²) < 4.78 is 1.38. The topological polar surface area (TPSA) is 62.5 Å². The van der Waals surface area contributed by atoms with Crippen molar-refractivity contribution in [1.29, 1.82) is 0 Å². The van der Waals surface area contributed by atoms with Gasteiger partial charge >= 0.3 is 0 Å².